The minimum absolute atomic E-state index is 0.0852. The second kappa shape index (κ2) is 9.51. The van der Waals surface area contributed by atoms with Crippen molar-refractivity contribution in [2.45, 2.75) is 0 Å². The van der Waals surface area contributed by atoms with Crippen LogP contribution in [0, 0.1) is 11.6 Å². The lowest BCUT2D eigenvalue weighted by Crippen LogP contribution is -2.44. The molecule has 0 unspecified atom stereocenters. The van der Waals surface area contributed by atoms with Crippen molar-refractivity contribution in [1.82, 2.24) is 25.9 Å². The van der Waals surface area contributed by atoms with E-state index in [4.69, 9.17) is 0 Å². The molecule has 3 N–H and O–H groups in total. The number of hydrogen-bond donors (Lipinski definition) is 3. The topological polar surface area (TPSA) is 65.1 Å². The lowest BCUT2D eigenvalue weighted by molar-refractivity contribution is 0.501. The zero-order valence-electron chi connectivity index (χ0n) is 14.6. The molecule has 1 aromatic heterocycles. The molecular weight excluding hydrogens is 338 g/mol. The van der Waals surface area contributed by atoms with Crippen LogP contribution in [0.2, 0.25) is 0 Å². The van der Waals surface area contributed by atoms with E-state index in [2.05, 4.69) is 25.9 Å². The molecule has 0 spiro atoms. The number of nitrogens with zero attached hydrogens (tertiary/aromatic N) is 3. The molecule has 140 valence electrons. The van der Waals surface area contributed by atoms with Gasteiger partial charge in [-0.05, 0) is 18.2 Å². The predicted molar refractivity (Wildman–Crippen MR) is 98.2 cm³/mol. The van der Waals surface area contributed by atoms with Gasteiger partial charge in [0, 0.05) is 64.8 Å². The van der Waals surface area contributed by atoms with Crippen LogP contribution in [0.15, 0.2) is 30.6 Å². The fourth-order valence-electron chi connectivity index (χ4n) is 2.90. The molecule has 0 radical (unpaired) electrons. The SMILES string of the molecule is C1CNCCN1.Fc1c(-c2ncccn2)ccc(N2CCNCC2)c1F. The van der Waals surface area contributed by atoms with E-state index >= 15 is 0 Å². The van der Waals surface area contributed by atoms with Crippen LogP contribution in [0.3, 0.4) is 0 Å². The molecule has 2 aliphatic rings. The van der Waals surface area contributed by atoms with Crippen molar-refractivity contribution in [1.29, 1.82) is 0 Å². The summed E-state index contributed by atoms with van der Waals surface area (Å²) < 4.78 is 28.4. The maximum absolute atomic E-state index is 14.2. The van der Waals surface area contributed by atoms with E-state index < -0.39 is 11.6 Å². The maximum atomic E-state index is 14.2. The van der Waals surface area contributed by atoms with Crippen molar-refractivity contribution in [2.24, 2.45) is 0 Å². The third kappa shape index (κ3) is 4.72. The van der Waals surface area contributed by atoms with Gasteiger partial charge in [-0.25, -0.2) is 18.7 Å². The number of anilines is 1. The summed E-state index contributed by atoms with van der Waals surface area (Å²) in [5, 5.41) is 9.62. The molecule has 3 heterocycles. The van der Waals surface area contributed by atoms with Gasteiger partial charge in [-0.15, -0.1) is 0 Å². The Morgan fingerprint density at radius 1 is 0.769 bits per heavy atom. The first kappa shape index (κ1) is 18.6. The molecule has 8 heteroatoms. The Balaban J connectivity index is 0.000000278. The first-order valence-electron chi connectivity index (χ1n) is 8.90. The average molecular weight is 362 g/mol. The molecule has 2 aromatic rings. The van der Waals surface area contributed by atoms with E-state index in [0.717, 1.165) is 39.3 Å². The van der Waals surface area contributed by atoms with E-state index in [9.17, 15) is 8.78 Å². The molecule has 6 nitrogen and oxygen atoms in total. The van der Waals surface area contributed by atoms with Gasteiger partial charge in [0.2, 0.25) is 0 Å². The Kier molecular flexibility index (Phi) is 6.82. The molecule has 0 saturated carbocycles. The summed E-state index contributed by atoms with van der Waals surface area (Å²) in [7, 11) is 0. The zero-order chi connectivity index (χ0) is 18.2. The summed E-state index contributed by atoms with van der Waals surface area (Å²) in [4.78, 5) is 9.74. The summed E-state index contributed by atoms with van der Waals surface area (Å²) in [6.07, 6.45) is 3.01. The molecule has 0 aliphatic carbocycles. The molecule has 4 rings (SSSR count). The van der Waals surface area contributed by atoms with Gasteiger partial charge in [-0.1, -0.05) is 0 Å². The molecule has 0 amide bonds. The number of rotatable bonds is 2. The maximum Gasteiger partial charge on any atom is 0.182 e. The summed E-state index contributed by atoms with van der Waals surface area (Å²) >= 11 is 0. The van der Waals surface area contributed by atoms with E-state index in [1.807, 2.05) is 4.90 Å². The van der Waals surface area contributed by atoms with E-state index in [-0.39, 0.29) is 11.4 Å². The lowest BCUT2D eigenvalue weighted by atomic mass is 10.1. The molecule has 0 atom stereocenters. The third-order valence-electron chi connectivity index (χ3n) is 4.28. The summed E-state index contributed by atoms with van der Waals surface area (Å²) in [6.45, 7) is 7.42. The Morgan fingerprint density at radius 3 is 1.92 bits per heavy atom. The van der Waals surface area contributed by atoms with Crippen LogP contribution in [0.5, 0.6) is 0 Å². The van der Waals surface area contributed by atoms with Gasteiger partial charge in [0.25, 0.3) is 0 Å². The summed E-state index contributed by atoms with van der Waals surface area (Å²) in [5.74, 6) is -1.54. The van der Waals surface area contributed by atoms with Crippen molar-refractivity contribution in [3.63, 3.8) is 0 Å². The molecule has 1 aromatic carbocycles. The van der Waals surface area contributed by atoms with Crippen LogP contribution in [0.25, 0.3) is 11.4 Å². The van der Waals surface area contributed by atoms with Gasteiger partial charge >= 0.3 is 0 Å². The van der Waals surface area contributed by atoms with E-state index in [1.54, 1.807) is 12.1 Å². The predicted octanol–water partition coefficient (Wildman–Crippen LogP) is 1.01. The average Bonchev–Trinajstić information content (AvgIpc) is 2.73. The Labute approximate surface area is 152 Å². The summed E-state index contributed by atoms with van der Waals surface area (Å²) in [5.41, 5.74) is 0.380. The van der Waals surface area contributed by atoms with Crippen molar-refractivity contribution in [3.8, 4) is 11.4 Å². The molecule has 2 fully saturated rings. The van der Waals surface area contributed by atoms with Gasteiger partial charge in [0.1, 0.15) is 0 Å². The number of nitrogens with one attached hydrogen (secondary N) is 3. The molecular formula is C18H24F2N6. The Bertz CT molecular complexity index is 676. The smallest absolute Gasteiger partial charge is 0.182 e. The molecule has 2 saturated heterocycles. The van der Waals surface area contributed by atoms with Gasteiger partial charge in [-0.2, -0.15) is 0 Å². The Hall–Kier alpha value is -2.16. The quantitative estimate of drug-likeness (QED) is 0.741. The van der Waals surface area contributed by atoms with Crippen LogP contribution in [0.4, 0.5) is 14.5 Å². The van der Waals surface area contributed by atoms with Gasteiger partial charge in [0.05, 0.1) is 11.3 Å². The highest BCUT2D eigenvalue weighted by Crippen LogP contribution is 2.28. The van der Waals surface area contributed by atoms with Gasteiger partial charge < -0.3 is 20.9 Å². The first-order chi connectivity index (χ1) is 12.8. The van der Waals surface area contributed by atoms with E-state index in [1.165, 1.54) is 18.5 Å². The normalized spacial score (nSPS) is 17.4. The van der Waals surface area contributed by atoms with Gasteiger partial charge in [0.15, 0.2) is 17.5 Å². The van der Waals surface area contributed by atoms with Crippen molar-refractivity contribution in [2.75, 3.05) is 57.3 Å². The minimum Gasteiger partial charge on any atom is -0.367 e. The standard InChI is InChI=1S/C14H14F2N4.C4H10N2/c15-12-10(14-18-4-1-5-19-14)2-3-11(13(12)16)20-8-6-17-7-9-20;1-2-6-4-3-5-1/h1-5,17H,6-9H2;5-6H,1-4H2. The minimum atomic E-state index is -0.896. The number of hydrogen-bond acceptors (Lipinski definition) is 6. The van der Waals surface area contributed by atoms with Crippen molar-refractivity contribution in [3.05, 3.63) is 42.2 Å². The highest BCUT2D eigenvalue weighted by molar-refractivity contribution is 5.62. The fourth-order valence-corrected chi connectivity index (χ4v) is 2.90. The van der Waals surface area contributed by atoms with Crippen LogP contribution < -0.4 is 20.9 Å². The van der Waals surface area contributed by atoms with Crippen LogP contribution in [0.1, 0.15) is 0 Å². The lowest BCUT2D eigenvalue weighted by Gasteiger charge is -2.29. The highest BCUT2D eigenvalue weighted by Gasteiger charge is 2.20. The number of halogens is 2. The summed E-state index contributed by atoms with van der Waals surface area (Å²) in [6, 6.07) is 4.76. The second-order valence-electron chi connectivity index (χ2n) is 6.07. The fraction of sp³-hybridized carbons (Fsp3) is 0.444. The Morgan fingerprint density at radius 2 is 1.35 bits per heavy atom. The van der Waals surface area contributed by atoms with Crippen molar-refractivity contribution < 1.29 is 8.78 Å². The third-order valence-corrected chi connectivity index (χ3v) is 4.28. The van der Waals surface area contributed by atoms with Crippen LogP contribution in [-0.4, -0.2) is 62.3 Å². The molecule has 0 bridgehead atoms. The largest absolute Gasteiger partial charge is 0.367 e. The monoisotopic (exact) mass is 362 g/mol. The van der Waals surface area contributed by atoms with Crippen LogP contribution in [-0.2, 0) is 0 Å². The van der Waals surface area contributed by atoms with Gasteiger partial charge in [-0.3, -0.25) is 0 Å². The first-order valence-corrected chi connectivity index (χ1v) is 8.90. The van der Waals surface area contributed by atoms with Crippen molar-refractivity contribution >= 4 is 5.69 Å². The number of piperazine rings is 2. The number of benzene rings is 1. The number of aromatic nitrogens is 2. The molecule has 26 heavy (non-hydrogen) atoms. The van der Waals surface area contributed by atoms with E-state index in [0.29, 0.717) is 18.8 Å². The zero-order valence-corrected chi connectivity index (χ0v) is 14.6. The van der Waals surface area contributed by atoms with Crippen LogP contribution >= 0.6 is 0 Å². The highest BCUT2D eigenvalue weighted by atomic mass is 19.2. The second-order valence-corrected chi connectivity index (χ2v) is 6.07. The molecule has 2 aliphatic heterocycles.